The molecule has 0 spiro atoms. The third-order valence-electron chi connectivity index (χ3n) is 4.26. The topological polar surface area (TPSA) is 45.2 Å². The second-order valence-corrected chi connectivity index (χ2v) is 6.54. The molecule has 0 unspecified atom stereocenters. The fourth-order valence-electron chi connectivity index (χ4n) is 2.91. The van der Waals surface area contributed by atoms with Crippen molar-refractivity contribution in [1.29, 1.82) is 0 Å². The van der Waals surface area contributed by atoms with E-state index in [4.69, 9.17) is 0 Å². The van der Waals surface area contributed by atoms with Gasteiger partial charge < -0.3 is 10.2 Å². The van der Waals surface area contributed by atoms with Gasteiger partial charge in [-0.15, -0.1) is 0 Å². The van der Waals surface area contributed by atoms with E-state index < -0.39 is 0 Å². The molecule has 1 aromatic rings. The molecule has 2 rings (SSSR count). The molecule has 21 heavy (non-hydrogen) atoms. The smallest absolute Gasteiger partial charge is 0.272 e. The summed E-state index contributed by atoms with van der Waals surface area (Å²) in [6.45, 7) is 6.41. The standard InChI is InChI=1S/C17H27N3O/c1-12(2)18-16-7-5-6-15(19-16)17(21)20(4)14-10-8-13(3)9-11-14/h5-7,12-14H,8-11H2,1-4H3,(H,18,19). The molecule has 4 nitrogen and oxygen atoms in total. The van der Waals surface area contributed by atoms with Crippen LogP contribution in [0.25, 0.3) is 0 Å². The number of rotatable bonds is 4. The van der Waals surface area contributed by atoms with Gasteiger partial charge in [0.25, 0.3) is 5.91 Å². The van der Waals surface area contributed by atoms with E-state index in [1.165, 1.54) is 12.8 Å². The van der Waals surface area contributed by atoms with Gasteiger partial charge in [0, 0.05) is 19.1 Å². The highest BCUT2D eigenvalue weighted by Crippen LogP contribution is 2.27. The van der Waals surface area contributed by atoms with Crippen molar-refractivity contribution in [2.45, 2.75) is 58.5 Å². The first-order chi connectivity index (χ1) is 9.97. The van der Waals surface area contributed by atoms with Crippen LogP contribution in [0.5, 0.6) is 0 Å². The second kappa shape index (κ2) is 6.92. The number of hydrogen-bond acceptors (Lipinski definition) is 3. The molecule has 0 bridgehead atoms. The molecule has 0 radical (unpaired) electrons. The van der Waals surface area contributed by atoms with Crippen LogP contribution in [-0.2, 0) is 0 Å². The van der Waals surface area contributed by atoms with Crippen molar-refractivity contribution in [1.82, 2.24) is 9.88 Å². The van der Waals surface area contributed by atoms with Crippen LogP contribution in [0.4, 0.5) is 5.82 Å². The number of nitrogens with zero attached hydrogens (tertiary/aromatic N) is 2. The number of carbonyl (C=O) groups excluding carboxylic acids is 1. The van der Waals surface area contributed by atoms with Gasteiger partial charge in [-0.3, -0.25) is 4.79 Å². The number of pyridine rings is 1. The van der Waals surface area contributed by atoms with Crippen LogP contribution < -0.4 is 5.32 Å². The number of hydrogen-bond donors (Lipinski definition) is 1. The van der Waals surface area contributed by atoms with E-state index >= 15 is 0 Å². The molecule has 1 aliphatic rings. The summed E-state index contributed by atoms with van der Waals surface area (Å²) >= 11 is 0. The minimum atomic E-state index is 0.0296. The Kier molecular flexibility index (Phi) is 5.21. The Morgan fingerprint density at radius 2 is 1.95 bits per heavy atom. The largest absolute Gasteiger partial charge is 0.368 e. The Morgan fingerprint density at radius 3 is 2.57 bits per heavy atom. The lowest BCUT2D eigenvalue weighted by molar-refractivity contribution is 0.0673. The molecule has 1 N–H and O–H groups in total. The Morgan fingerprint density at radius 1 is 1.29 bits per heavy atom. The molecule has 1 saturated carbocycles. The summed E-state index contributed by atoms with van der Waals surface area (Å²) in [5.41, 5.74) is 0.529. The molecular formula is C17H27N3O. The zero-order valence-electron chi connectivity index (χ0n) is 13.6. The van der Waals surface area contributed by atoms with Gasteiger partial charge in [-0.2, -0.15) is 0 Å². The summed E-state index contributed by atoms with van der Waals surface area (Å²) in [4.78, 5) is 18.9. The van der Waals surface area contributed by atoms with Gasteiger partial charge in [0.15, 0.2) is 0 Å². The van der Waals surface area contributed by atoms with Gasteiger partial charge >= 0.3 is 0 Å². The molecular weight excluding hydrogens is 262 g/mol. The van der Waals surface area contributed by atoms with Crippen LogP contribution in [-0.4, -0.2) is 34.9 Å². The third kappa shape index (κ3) is 4.19. The highest BCUT2D eigenvalue weighted by molar-refractivity contribution is 5.92. The third-order valence-corrected chi connectivity index (χ3v) is 4.26. The summed E-state index contributed by atoms with van der Waals surface area (Å²) in [7, 11) is 1.91. The lowest BCUT2D eigenvalue weighted by Gasteiger charge is -2.33. The Bertz CT molecular complexity index is 479. The molecule has 0 aromatic carbocycles. The molecule has 1 aromatic heterocycles. The van der Waals surface area contributed by atoms with Crippen molar-refractivity contribution in [3.05, 3.63) is 23.9 Å². The van der Waals surface area contributed by atoms with Crippen LogP contribution in [0.1, 0.15) is 56.9 Å². The zero-order chi connectivity index (χ0) is 15.4. The number of carbonyl (C=O) groups is 1. The summed E-state index contributed by atoms with van der Waals surface area (Å²) in [6.07, 6.45) is 4.63. The average Bonchev–Trinajstić information content (AvgIpc) is 2.46. The second-order valence-electron chi connectivity index (χ2n) is 6.54. The molecule has 0 atom stereocenters. The number of anilines is 1. The fourth-order valence-corrected chi connectivity index (χ4v) is 2.91. The van der Waals surface area contributed by atoms with Gasteiger partial charge in [0.1, 0.15) is 11.5 Å². The zero-order valence-corrected chi connectivity index (χ0v) is 13.6. The van der Waals surface area contributed by atoms with Crippen LogP contribution in [0.3, 0.4) is 0 Å². The molecule has 1 heterocycles. The van der Waals surface area contributed by atoms with E-state index in [0.717, 1.165) is 24.6 Å². The van der Waals surface area contributed by atoms with E-state index in [2.05, 4.69) is 31.1 Å². The minimum Gasteiger partial charge on any atom is -0.368 e. The summed E-state index contributed by atoms with van der Waals surface area (Å²) in [6, 6.07) is 6.26. The lowest BCUT2D eigenvalue weighted by Crippen LogP contribution is -2.39. The van der Waals surface area contributed by atoms with Crippen molar-refractivity contribution in [2.75, 3.05) is 12.4 Å². The van der Waals surface area contributed by atoms with Crippen molar-refractivity contribution in [3.63, 3.8) is 0 Å². The Hall–Kier alpha value is -1.58. The summed E-state index contributed by atoms with van der Waals surface area (Å²) in [5, 5.41) is 3.24. The molecule has 1 fully saturated rings. The van der Waals surface area contributed by atoms with Crippen molar-refractivity contribution < 1.29 is 4.79 Å². The molecule has 0 saturated heterocycles. The lowest BCUT2D eigenvalue weighted by atomic mass is 9.86. The van der Waals surface area contributed by atoms with E-state index in [-0.39, 0.29) is 5.91 Å². The predicted molar refractivity (Wildman–Crippen MR) is 86.5 cm³/mol. The van der Waals surface area contributed by atoms with E-state index in [1.807, 2.05) is 24.1 Å². The van der Waals surface area contributed by atoms with Crippen molar-refractivity contribution in [2.24, 2.45) is 5.92 Å². The monoisotopic (exact) mass is 289 g/mol. The molecule has 116 valence electrons. The molecule has 4 heteroatoms. The van der Waals surface area contributed by atoms with Crippen LogP contribution in [0.15, 0.2) is 18.2 Å². The first-order valence-electron chi connectivity index (χ1n) is 7.98. The normalized spacial score (nSPS) is 22.1. The van der Waals surface area contributed by atoms with Crippen LogP contribution in [0.2, 0.25) is 0 Å². The first-order valence-corrected chi connectivity index (χ1v) is 7.98. The number of nitrogens with one attached hydrogen (secondary N) is 1. The van der Waals surface area contributed by atoms with E-state index in [9.17, 15) is 4.79 Å². The van der Waals surface area contributed by atoms with Gasteiger partial charge in [-0.05, 0) is 57.6 Å². The highest BCUT2D eigenvalue weighted by Gasteiger charge is 2.26. The van der Waals surface area contributed by atoms with Gasteiger partial charge in [0.05, 0.1) is 0 Å². The quantitative estimate of drug-likeness (QED) is 0.922. The van der Waals surface area contributed by atoms with Crippen LogP contribution in [0, 0.1) is 5.92 Å². The summed E-state index contributed by atoms with van der Waals surface area (Å²) < 4.78 is 0. The SMILES string of the molecule is CC1CCC(N(C)C(=O)c2cccc(NC(C)C)n2)CC1. The van der Waals surface area contributed by atoms with Gasteiger partial charge in [-0.1, -0.05) is 13.0 Å². The number of aromatic nitrogens is 1. The Balaban J connectivity index is 2.05. The van der Waals surface area contributed by atoms with Crippen LogP contribution >= 0.6 is 0 Å². The molecule has 0 aliphatic heterocycles. The van der Waals surface area contributed by atoms with Gasteiger partial charge in [0.2, 0.25) is 0 Å². The summed E-state index contributed by atoms with van der Waals surface area (Å²) in [5.74, 6) is 1.59. The Labute approximate surface area is 127 Å². The molecule has 1 aliphatic carbocycles. The maximum Gasteiger partial charge on any atom is 0.272 e. The van der Waals surface area contributed by atoms with Crippen molar-refractivity contribution >= 4 is 11.7 Å². The fraction of sp³-hybridized carbons (Fsp3) is 0.647. The maximum absolute atomic E-state index is 12.6. The van der Waals surface area contributed by atoms with Gasteiger partial charge in [-0.25, -0.2) is 4.98 Å². The highest BCUT2D eigenvalue weighted by atomic mass is 16.2. The number of amides is 1. The average molecular weight is 289 g/mol. The first kappa shape index (κ1) is 15.8. The van der Waals surface area contributed by atoms with Crippen molar-refractivity contribution in [3.8, 4) is 0 Å². The van der Waals surface area contributed by atoms with E-state index in [0.29, 0.717) is 17.8 Å². The van der Waals surface area contributed by atoms with E-state index in [1.54, 1.807) is 6.07 Å². The maximum atomic E-state index is 12.6. The molecule has 1 amide bonds. The predicted octanol–water partition coefficient (Wildman–Crippen LogP) is 3.55. The minimum absolute atomic E-state index is 0.0296.